The predicted molar refractivity (Wildman–Crippen MR) is 113 cm³/mol. The second-order valence-electron chi connectivity index (χ2n) is 7.38. The van der Waals surface area contributed by atoms with Crippen molar-refractivity contribution in [3.05, 3.63) is 95.0 Å². The minimum Gasteiger partial charge on any atom is -0.372 e. The molecular weight excluding hydrogens is 446 g/mol. The molecule has 0 saturated carbocycles. The van der Waals surface area contributed by atoms with Crippen molar-refractivity contribution in [2.75, 3.05) is 0 Å². The second kappa shape index (κ2) is 7.08. The van der Waals surface area contributed by atoms with Crippen molar-refractivity contribution in [2.24, 2.45) is 0 Å². The maximum Gasteiger partial charge on any atom is 0.425 e. The van der Waals surface area contributed by atoms with E-state index in [0.29, 0.717) is 22.1 Å². The number of benzene rings is 3. The number of aliphatic hydroxyl groups is 1. The van der Waals surface area contributed by atoms with Crippen LogP contribution in [0.2, 0.25) is 5.02 Å². The topological polar surface area (TPSA) is 53.8 Å². The van der Waals surface area contributed by atoms with Gasteiger partial charge in [0.05, 0.1) is 22.4 Å². The fourth-order valence-corrected chi connectivity index (χ4v) is 4.22. The van der Waals surface area contributed by atoms with Crippen LogP contribution in [0.1, 0.15) is 11.1 Å². The molecular formula is C23H14ClF4N3O. The lowest BCUT2D eigenvalue weighted by Crippen LogP contribution is -2.43. The molecule has 2 heterocycles. The molecule has 2 N–H and O–H groups in total. The summed E-state index contributed by atoms with van der Waals surface area (Å²) in [4.78, 5) is 2.75. The lowest BCUT2D eigenvalue weighted by atomic mass is 9.85. The molecule has 2 aromatic heterocycles. The molecule has 0 saturated heterocycles. The third-order valence-corrected chi connectivity index (χ3v) is 5.83. The van der Waals surface area contributed by atoms with Gasteiger partial charge in [0.25, 0.3) is 0 Å². The first-order valence-corrected chi connectivity index (χ1v) is 9.87. The van der Waals surface area contributed by atoms with E-state index in [-0.39, 0.29) is 16.0 Å². The van der Waals surface area contributed by atoms with Crippen molar-refractivity contribution in [2.45, 2.75) is 11.8 Å². The van der Waals surface area contributed by atoms with Crippen LogP contribution in [0.25, 0.3) is 27.5 Å². The highest BCUT2D eigenvalue weighted by Crippen LogP contribution is 2.48. The van der Waals surface area contributed by atoms with E-state index in [1.807, 2.05) is 0 Å². The van der Waals surface area contributed by atoms with Crippen LogP contribution in [0.3, 0.4) is 0 Å². The molecule has 1 unspecified atom stereocenters. The van der Waals surface area contributed by atoms with Crippen LogP contribution in [0.5, 0.6) is 0 Å². The molecule has 32 heavy (non-hydrogen) atoms. The van der Waals surface area contributed by atoms with Gasteiger partial charge in [-0.25, -0.2) is 9.07 Å². The van der Waals surface area contributed by atoms with E-state index in [2.05, 4.69) is 10.1 Å². The van der Waals surface area contributed by atoms with Crippen LogP contribution in [-0.4, -0.2) is 26.0 Å². The largest absolute Gasteiger partial charge is 0.425 e. The van der Waals surface area contributed by atoms with Crippen LogP contribution in [0, 0.1) is 5.82 Å². The molecule has 162 valence electrons. The van der Waals surface area contributed by atoms with E-state index < -0.39 is 23.2 Å². The monoisotopic (exact) mass is 459 g/mol. The van der Waals surface area contributed by atoms with Crippen molar-refractivity contribution >= 4 is 33.4 Å². The van der Waals surface area contributed by atoms with Crippen LogP contribution in [0.15, 0.2) is 73.1 Å². The van der Waals surface area contributed by atoms with Crippen molar-refractivity contribution < 1.29 is 22.7 Å². The number of aromatic amines is 1. The Morgan fingerprint density at radius 1 is 1.00 bits per heavy atom. The van der Waals surface area contributed by atoms with Gasteiger partial charge in [0.15, 0.2) is 0 Å². The van der Waals surface area contributed by atoms with Gasteiger partial charge in [-0.05, 0) is 54.1 Å². The number of aromatic nitrogens is 3. The molecule has 0 radical (unpaired) electrons. The number of hydrogen-bond donors (Lipinski definition) is 2. The third-order valence-electron chi connectivity index (χ3n) is 5.51. The van der Waals surface area contributed by atoms with Crippen molar-refractivity contribution in [1.29, 1.82) is 0 Å². The number of hydrogen-bond acceptors (Lipinski definition) is 2. The van der Waals surface area contributed by atoms with Crippen LogP contribution >= 0.6 is 11.6 Å². The summed E-state index contributed by atoms with van der Waals surface area (Å²) in [6.07, 6.45) is -2.53. The fraction of sp³-hybridized carbons (Fsp3) is 0.0870. The summed E-state index contributed by atoms with van der Waals surface area (Å²) in [5.74, 6) is -0.417. The SMILES string of the molecule is OC(c1ccc2c(cnn2-c2ccc(F)cc2)c1)(c1c[nH]c2cccc(Cl)c12)C(F)(F)F. The van der Waals surface area contributed by atoms with Crippen molar-refractivity contribution in [3.8, 4) is 5.69 Å². The Balaban J connectivity index is 1.71. The number of H-pyrrole nitrogens is 1. The molecule has 0 aliphatic heterocycles. The third kappa shape index (κ3) is 2.98. The lowest BCUT2D eigenvalue weighted by molar-refractivity contribution is -0.247. The Hall–Kier alpha value is -3.36. The van der Waals surface area contributed by atoms with Gasteiger partial charge in [-0.15, -0.1) is 0 Å². The summed E-state index contributed by atoms with van der Waals surface area (Å²) >= 11 is 6.19. The fourth-order valence-electron chi connectivity index (χ4n) is 3.94. The molecule has 0 amide bonds. The number of nitrogens with one attached hydrogen (secondary N) is 1. The van der Waals surface area contributed by atoms with E-state index in [0.717, 1.165) is 6.20 Å². The predicted octanol–water partition coefficient (Wildman–Crippen LogP) is 6.10. The number of fused-ring (bicyclic) bond motifs is 2. The van der Waals surface area contributed by atoms with Crippen molar-refractivity contribution in [1.82, 2.24) is 14.8 Å². The van der Waals surface area contributed by atoms with E-state index in [9.17, 15) is 22.7 Å². The Kier molecular flexibility index (Phi) is 4.54. The molecule has 4 nitrogen and oxygen atoms in total. The Bertz CT molecular complexity index is 1460. The van der Waals surface area contributed by atoms with E-state index in [1.54, 1.807) is 12.1 Å². The highest BCUT2D eigenvalue weighted by molar-refractivity contribution is 6.35. The summed E-state index contributed by atoms with van der Waals surface area (Å²) < 4.78 is 57.8. The zero-order valence-corrected chi connectivity index (χ0v) is 16.9. The van der Waals surface area contributed by atoms with Crippen LogP contribution in [-0.2, 0) is 5.60 Å². The average Bonchev–Trinajstić information content (AvgIpc) is 3.38. The number of alkyl halides is 3. The Morgan fingerprint density at radius 3 is 2.47 bits per heavy atom. The Morgan fingerprint density at radius 2 is 1.75 bits per heavy atom. The van der Waals surface area contributed by atoms with Gasteiger partial charge in [0, 0.05) is 28.0 Å². The smallest absolute Gasteiger partial charge is 0.372 e. The van der Waals surface area contributed by atoms with Crippen LogP contribution < -0.4 is 0 Å². The normalized spacial score (nSPS) is 14.2. The summed E-state index contributed by atoms with van der Waals surface area (Å²) in [7, 11) is 0. The standard InChI is InChI=1S/C23H14ClF4N3O/c24-18-2-1-3-19-21(18)17(12-29-19)22(32,23(26,27)28)14-4-9-20-13(10-14)11-30-31(20)16-7-5-15(25)6-8-16/h1-12,29,32H. The maximum absolute atomic E-state index is 14.4. The number of rotatable bonds is 3. The molecule has 0 aliphatic carbocycles. The minimum absolute atomic E-state index is 0.0895. The highest BCUT2D eigenvalue weighted by atomic mass is 35.5. The first-order chi connectivity index (χ1) is 15.2. The molecule has 3 aromatic carbocycles. The summed E-state index contributed by atoms with van der Waals surface area (Å²) in [5.41, 5.74) is -2.67. The van der Waals surface area contributed by atoms with E-state index in [1.165, 1.54) is 59.4 Å². The number of halogens is 5. The molecule has 5 aromatic rings. The van der Waals surface area contributed by atoms with Crippen LogP contribution in [0.4, 0.5) is 17.6 Å². The van der Waals surface area contributed by atoms with Gasteiger partial charge < -0.3 is 10.1 Å². The second-order valence-corrected chi connectivity index (χ2v) is 7.79. The van der Waals surface area contributed by atoms with Gasteiger partial charge in [-0.2, -0.15) is 18.3 Å². The van der Waals surface area contributed by atoms with Crippen molar-refractivity contribution in [3.63, 3.8) is 0 Å². The summed E-state index contributed by atoms with van der Waals surface area (Å²) in [6.45, 7) is 0. The molecule has 0 fully saturated rings. The molecule has 0 aliphatic rings. The average molecular weight is 460 g/mol. The Labute approximate surface area is 183 Å². The van der Waals surface area contributed by atoms with Gasteiger partial charge >= 0.3 is 6.18 Å². The highest BCUT2D eigenvalue weighted by Gasteiger charge is 2.57. The molecule has 0 spiro atoms. The molecule has 5 rings (SSSR count). The molecule has 9 heteroatoms. The maximum atomic E-state index is 14.4. The van der Waals surface area contributed by atoms with E-state index in [4.69, 9.17) is 11.6 Å². The number of nitrogens with zero attached hydrogens (tertiary/aromatic N) is 2. The lowest BCUT2D eigenvalue weighted by Gasteiger charge is -2.31. The molecule has 1 atom stereocenters. The van der Waals surface area contributed by atoms with Gasteiger partial charge in [0.2, 0.25) is 5.60 Å². The zero-order chi connectivity index (χ0) is 22.7. The van der Waals surface area contributed by atoms with Gasteiger partial charge in [0.1, 0.15) is 5.82 Å². The summed E-state index contributed by atoms with van der Waals surface area (Å²) in [6, 6.07) is 14.1. The summed E-state index contributed by atoms with van der Waals surface area (Å²) in [5, 5.41) is 15.9. The quantitative estimate of drug-likeness (QED) is 0.320. The minimum atomic E-state index is -5.04. The van der Waals surface area contributed by atoms with E-state index >= 15 is 0 Å². The van der Waals surface area contributed by atoms with Gasteiger partial charge in [-0.3, -0.25) is 0 Å². The first-order valence-electron chi connectivity index (χ1n) is 9.49. The molecule has 0 bridgehead atoms. The zero-order valence-electron chi connectivity index (χ0n) is 16.2. The van der Waals surface area contributed by atoms with Gasteiger partial charge in [-0.1, -0.05) is 23.7 Å². The first kappa shape index (κ1) is 20.5.